The molecule has 0 fully saturated rings. The lowest BCUT2D eigenvalue weighted by molar-refractivity contribution is -0.136. The molecule has 0 radical (unpaired) electrons. The van der Waals surface area contributed by atoms with Gasteiger partial charge in [-0.15, -0.1) is 0 Å². The average Bonchev–Trinajstić information content (AvgIpc) is 2.92. The standard InChI is InChI=1S/C20H21NO3/c1-12(2)15-5-4-6-16-17(11-18(22)23)19(21-20(15)16)13-7-9-14(24-3)10-8-13/h4-10,12,21H,11H2,1-3H3,(H,22,23). The maximum absolute atomic E-state index is 11.4. The van der Waals surface area contributed by atoms with Crippen LogP contribution in [0.3, 0.4) is 0 Å². The number of fused-ring (bicyclic) bond motifs is 1. The van der Waals surface area contributed by atoms with Crippen LogP contribution in [0, 0.1) is 0 Å². The van der Waals surface area contributed by atoms with E-state index in [0.29, 0.717) is 5.92 Å². The number of carbonyl (C=O) groups is 1. The molecule has 0 saturated carbocycles. The number of nitrogens with one attached hydrogen (secondary N) is 1. The third-order valence-electron chi connectivity index (χ3n) is 4.30. The number of methoxy groups -OCH3 is 1. The summed E-state index contributed by atoms with van der Waals surface area (Å²) in [6, 6.07) is 13.7. The normalized spacial score (nSPS) is 11.2. The molecule has 2 aromatic carbocycles. The van der Waals surface area contributed by atoms with Crippen LogP contribution < -0.4 is 4.74 Å². The van der Waals surface area contributed by atoms with E-state index >= 15 is 0 Å². The summed E-state index contributed by atoms with van der Waals surface area (Å²) in [6.07, 6.45) is -0.0110. The molecule has 3 rings (SSSR count). The van der Waals surface area contributed by atoms with Gasteiger partial charge in [-0.3, -0.25) is 4.79 Å². The first-order valence-electron chi connectivity index (χ1n) is 8.01. The van der Waals surface area contributed by atoms with Gasteiger partial charge in [0.2, 0.25) is 0 Å². The van der Waals surface area contributed by atoms with Crippen molar-refractivity contribution in [2.45, 2.75) is 26.2 Å². The van der Waals surface area contributed by atoms with E-state index in [0.717, 1.165) is 33.5 Å². The van der Waals surface area contributed by atoms with Crippen LogP contribution in [0.25, 0.3) is 22.2 Å². The topological polar surface area (TPSA) is 62.3 Å². The smallest absolute Gasteiger partial charge is 0.307 e. The minimum absolute atomic E-state index is 0.0110. The van der Waals surface area contributed by atoms with Crippen LogP contribution in [0.5, 0.6) is 5.75 Å². The number of carboxylic acids is 1. The molecule has 0 saturated heterocycles. The van der Waals surface area contributed by atoms with Gasteiger partial charge in [-0.25, -0.2) is 0 Å². The summed E-state index contributed by atoms with van der Waals surface area (Å²) in [5.74, 6) is 0.298. The van der Waals surface area contributed by atoms with E-state index in [1.807, 2.05) is 36.4 Å². The Morgan fingerprint density at radius 3 is 2.46 bits per heavy atom. The lowest BCUT2D eigenvalue weighted by Gasteiger charge is -2.06. The van der Waals surface area contributed by atoms with Crippen LogP contribution in [0.2, 0.25) is 0 Å². The van der Waals surface area contributed by atoms with Gasteiger partial charge in [-0.2, -0.15) is 0 Å². The van der Waals surface area contributed by atoms with Crippen molar-refractivity contribution in [3.05, 3.63) is 53.6 Å². The van der Waals surface area contributed by atoms with Gasteiger partial charge >= 0.3 is 5.97 Å². The van der Waals surface area contributed by atoms with Crippen LogP contribution in [0.15, 0.2) is 42.5 Å². The molecule has 4 heteroatoms. The number of hydrogen-bond donors (Lipinski definition) is 2. The van der Waals surface area contributed by atoms with E-state index in [1.165, 1.54) is 5.56 Å². The summed E-state index contributed by atoms with van der Waals surface area (Å²) in [5, 5.41) is 10.3. The Morgan fingerprint density at radius 2 is 1.88 bits per heavy atom. The molecule has 124 valence electrons. The van der Waals surface area contributed by atoms with Gasteiger partial charge in [0.15, 0.2) is 0 Å². The third-order valence-corrected chi connectivity index (χ3v) is 4.30. The summed E-state index contributed by atoms with van der Waals surface area (Å²) in [7, 11) is 1.63. The second-order valence-corrected chi connectivity index (χ2v) is 6.20. The molecule has 0 atom stereocenters. The van der Waals surface area contributed by atoms with Crippen molar-refractivity contribution in [1.29, 1.82) is 0 Å². The molecule has 3 aromatic rings. The first-order valence-corrected chi connectivity index (χ1v) is 8.01. The Bertz CT molecular complexity index is 876. The Labute approximate surface area is 141 Å². The van der Waals surface area contributed by atoms with Crippen molar-refractivity contribution in [2.75, 3.05) is 7.11 Å². The number of aromatic nitrogens is 1. The van der Waals surface area contributed by atoms with Gasteiger partial charge in [-0.05, 0) is 46.9 Å². The SMILES string of the molecule is COc1ccc(-c2[nH]c3c(C(C)C)cccc3c2CC(=O)O)cc1. The largest absolute Gasteiger partial charge is 0.497 e. The zero-order chi connectivity index (χ0) is 17.3. The number of ether oxygens (including phenoxy) is 1. The molecule has 1 heterocycles. The molecule has 0 amide bonds. The molecule has 0 unspecified atom stereocenters. The quantitative estimate of drug-likeness (QED) is 0.721. The molecular weight excluding hydrogens is 302 g/mol. The molecule has 0 aliphatic rings. The number of para-hydroxylation sites is 1. The number of aliphatic carboxylic acids is 1. The number of benzene rings is 2. The fraction of sp³-hybridized carbons (Fsp3) is 0.250. The molecule has 24 heavy (non-hydrogen) atoms. The van der Waals surface area contributed by atoms with Gasteiger partial charge < -0.3 is 14.8 Å². The van der Waals surface area contributed by atoms with Gasteiger partial charge in [0.25, 0.3) is 0 Å². The van der Waals surface area contributed by atoms with Crippen molar-refractivity contribution in [2.24, 2.45) is 0 Å². The third kappa shape index (κ3) is 2.87. The minimum atomic E-state index is -0.833. The molecule has 1 aromatic heterocycles. The van der Waals surface area contributed by atoms with E-state index < -0.39 is 5.97 Å². The number of hydrogen-bond acceptors (Lipinski definition) is 2. The monoisotopic (exact) mass is 323 g/mol. The van der Waals surface area contributed by atoms with E-state index in [1.54, 1.807) is 7.11 Å². The summed E-state index contributed by atoms with van der Waals surface area (Å²) < 4.78 is 5.21. The lowest BCUT2D eigenvalue weighted by Crippen LogP contribution is -2.01. The van der Waals surface area contributed by atoms with Gasteiger partial charge in [-0.1, -0.05) is 32.0 Å². The minimum Gasteiger partial charge on any atom is -0.497 e. The Balaban J connectivity index is 2.24. The number of H-pyrrole nitrogens is 1. The number of rotatable bonds is 5. The highest BCUT2D eigenvalue weighted by molar-refractivity contribution is 5.95. The predicted octanol–water partition coefficient (Wildman–Crippen LogP) is 4.59. The first-order chi connectivity index (χ1) is 11.5. The highest BCUT2D eigenvalue weighted by atomic mass is 16.5. The number of aromatic amines is 1. The maximum atomic E-state index is 11.4. The van der Waals surface area contributed by atoms with Crippen LogP contribution >= 0.6 is 0 Å². The highest BCUT2D eigenvalue weighted by Gasteiger charge is 2.18. The second kappa shape index (κ2) is 6.40. The zero-order valence-corrected chi connectivity index (χ0v) is 14.1. The highest BCUT2D eigenvalue weighted by Crippen LogP contribution is 2.35. The van der Waals surface area contributed by atoms with Crippen LogP contribution in [-0.4, -0.2) is 23.2 Å². The Kier molecular flexibility index (Phi) is 4.30. The van der Waals surface area contributed by atoms with Crippen molar-refractivity contribution < 1.29 is 14.6 Å². The summed E-state index contributed by atoms with van der Waals surface area (Å²) in [5.41, 5.74) is 4.86. The lowest BCUT2D eigenvalue weighted by atomic mass is 9.98. The van der Waals surface area contributed by atoms with Crippen LogP contribution in [0.1, 0.15) is 30.9 Å². The van der Waals surface area contributed by atoms with Crippen molar-refractivity contribution >= 4 is 16.9 Å². The molecule has 0 aliphatic carbocycles. The van der Waals surface area contributed by atoms with E-state index in [4.69, 9.17) is 4.74 Å². The summed E-state index contributed by atoms with van der Waals surface area (Å²) in [6.45, 7) is 4.28. The maximum Gasteiger partial charge on any atom is 0.307 e. The Morgan fingerprint density at radius 1 is 1.17 bits per heavy atom. The Hall–Kier alpha value is -2.75. The molecular formula is C20H21NO3. The summed E-state index contributed by atoms with van der Waals surface area (Å²) >= 11 is 0. The first kappa shape index (κ1) is 16.1. The van der Waals surface area contributed by atoms with Crippen molar-refractivity contribution in [3.8, 4) is 17.0 Å². The van der Waals surface area contributed by atoms with Gasteiger partial charge in [0.1, 0.15) is 5.75 Å². The summed E-state index contributed by atoms with van der Waals surface area (Å²) in [4.78, 5) is 14.8. The van der Waals surface area contributed by atoms with Gasteiger partial charge in [0, 0.05) is 10.9 Å². The molecule has 4 nitrogen and oxygen atoms in total. The molecule has 2 N–H and O–H groups in total. The fourth-order valence-corrected chi connectivity index (χ4v) is 3.12. The molecule has 0 aliphatic heterocycles. The molecule has 0 spiro atoms. The zero-order valence-electron chi connectivity index (χ0n) is 14.1. The number of carboxylic acid groups (broad SMARTS) is 1. The van der Waals surface area contributed by atoms with Crippen molar-refractivity contribution in [3.63, 3.8) is 0 Å². The average molecular weight is 323 g/mol. The van der Waals surface area contributed by atoms with Gasteiger partial charge in [0.05, 0.1) is 19.2 Å². The van der Waals surface area contributed by atoms with Crippen LogP contribution in [0.4, 0.5) is 0 Å². The fourth-order valence-electron chi connectivity index (χ4n) is 3.12. The van der Waals surface area contributed by atoms with E-state index in [2.05, 4.69) is 24.9 Å². The van der Waals surface area contributed by atoms with E-state index in [-0.39, 0.29) is 6.42 Å². The second-order valence-electron chi connectivity index (χ2n) is 6.20. The predicted molar refractivity (Wildman–Crippen MR) is 95.7 cm³/mol. The van der Waals surface area contributed by atoms with Crippen molar-refractivity contribution in [1.82, 2.24) is 4.98 Å². The molecule has 0 bridgehead atoms. The van der Waals surface area contributed by atoms with E-state index in [9.17, 15) is 9.90 Å². The van der Waals surface area contributed by atoms with Crippen LogP contribution in [-0.2, 0) is 11.2 Å².